The molecule has 0 saturated heterocycles. The summed E-state index contributed by atoms with van der Waals surface area (Å²) in [5.41, 5.74) is 3.50. The Morgan fingerprint density at radius 2 is 1.88 bits per heavy atom. The van der Waals surface area contributed by atoms with Gasteiger partial charge in [0.2, 0.25) is 0 Å². The van der Waals surface area contributed by atoms with Crippen molar-refractivity contribution in [3.05, 3.63) is 57.7 Å². The number of fused-ring (bicyclic) bond motifs is 1. The molecule has 5 heteroatoms. The standard InChI is InChI=1S/C20H19ClN2OS/c21-17-9-7-14(8-10-17)19(24)13-25-20-16(12-22)11-15-5-3-1-2-4-6-18(15)23-20/h7-11H,1-6,13H2. The SMILES string of the molecule is N#Cc1cc2c(nc1SCC(=O)c1ccc(Cl)cc1)CCCCCC2. The van der Waals surface area contributed by atoms with Gasteiger partial charge in [-0.3, -0.25) is 4.79 Å². The number of nitrogens with zero attached hydrogens (tertiary/aromatic N) is 2. The third-order valence-electron chi connectivity index (χ3n) is 4.39. The van der Waals surface area contributed by atoms with E-state index in [1.807, 2.05) is 6.07 Å². The minimum Gasteiger partial charge on any atom is -0.293 e. The van der Waals surface area contributed by atoms with Crippen LogP contribution in [0.5, 0.6) is 0 Å². The Kier molecular flexibility index (Phi) is 6.12. The normalized spacial score (nSPS) is 14.1. The first-order valence-electron chi connectivity index (χ1n) is 8.52. The Morgan fingerprint density at radius 3 is 2.60 bits per heavy atom. The molecule has 0 radical (unpaired) electrons. The number of carbonyl (C=O) groups is 1. The zero-order chi connectivity index (χ0) is 17.6. The summed E-state index contributed by atoms with van der Waals surface area (Å²) in [5.74, 6) is 0.279. The van der Waals surface area contributed by atoms with Gasteiger partial charge in [-0.15, -0.1) is 0 Å². The van der Waals surface area contributed by atoms with Gasteiger partial charge in [0.25, 0.3) is 0 Å². The van der Waals surface area contributed by atoms with Gasteiger partial charge in [0.1, 0.15) is 11.1 Å². The number of aromatic nitrogens is 1. The van der Waals surface area contributed by atoms with E-state index in [-0.39, 0.29) is 11.5 Å². The van der Waals surface area contributed by atoms with Crippen molar-refractivity contribution in [3.63, 3.8) is 0 Å². The molecule has 1 aliphatic rings. The molecule has 1 heterocycles. The summed E-state index contributed by atoms with van der Waals surface area (Å²) in [6, 6.07) is 11.1. The maximum absolute atomic E-state index is 12.3. The van der Waals surface area contributed by atoms with Crippen molar-refractivity contribution in [1.29, 1.82) is 5.26 Å². The molecule has 3 rings (SSSR count). The number of carbonyl (C=O) groups excluding carboxylic acids is 1. The molecule has 2 aromatic rings. The van der Waals surface area contributed by atoms with E-state index < -0.39 is 0 Å². The Morgan fingerprint density at radius 1 is 1.16 bits per heavy atom. The lowest BCUT2D eigenvalue weighted by molar-refractivity contribution is 0.102. The van der Waals surface area contributed by atoms with Crippen LogP contribution >= 0.6 is 23.4 Å². The van der Waals surface area contributed by atoms with Crippen molar-refractivity contribution >= 4 is 29.1 Å². The number of halogens is 1. The van der Waals surface area contributed by atoms with E-state index in [9.17, 15) is 10.1 Å². The minimum atomic E-state index is 0.0131. The van der Waals surface area contributed by atoms with Crippen LogP contribution in [0.1, 0.15) is 52.9 Å². The van der Waals surface area contributed by atoms with Gasteiger partial charge in [0.15, 0.2) is 5.78 Å². The highest BCUT2D eigenvalue weighted by atomic mass is 35.5. The van der Waals surface area contributed by atoms with E-state index in [2.05, 4.69) is 6.07 Å². The largest absolute Gasteiger partial charge is 0.293 e. The Balaban J connectivity index is 1.77. The lowest BCUT2D eigenvalue weighted by Gasteiger charge is -2.15. The monoisotopic (exact) mass is 370 g/mol. The highest BCUT2D eigenvalue weighted by molar-refractivity contribution is 8.00. The lowest BCUT2D eigenvalue weighted by Crippen LogP contribution is -2.07. The van der Waals surface area contributed by atoms with Crippen molar-refractivity contribution < 1.29 is 4.79 Å². The van der Waals surface area contributed by atoms with Crippen LogP contribution in [0, 0.1) is 11.3 Å². The first kappa shape index (κ1) is 18.0. The number of benzene rings is 1. The van der Waals surface area contributed by atoms with E-state index in [1.54, 1.807) is 24.3 Å². The summed E-state index contributed by atoms with van der Waals surface area (Å²) in [7, 11) is 0. The van der Waals surface area contributed by atoms with Gasteiger partial charge in [0.05, 0.1) is 11.3 Å². The molecule has 0 N–H and O–H groups in total. The molecule has 0 fully saturated rings. The number of Topliss-reactive ketones (excluding diaryl/α,β-unsaturated/α-hetero) is 1. The second-order valence-corrected chi connectivity index (χ2v) is 7.59. The number of nitriles is 1. The number of hydrogen-bond donors (Lipinski definition) is 0. The average Bonchev–Trinajstić information content (AvgIpc) is 2.61. The number of pyridine rings is 1. The highest BCUT2D eigenvalue weighted by Crippen LogP contribution is 2.27. The summed E-state index contributed by atoms with van der Waals surface area (Å²) >= 11 is 7.21. The summed E-state index contributed by atoms with van der Waals surface area (Å²) in [6.07, 6.45) is 6.72. The van der Waals surface area contributed by atoms with Crippen LogP contribution in [0.4, 0.5) is 0 Å². The second-order valence-electron chi connectivity index (χ2n) is 6.19. The Labute approximate surface area is 157 Å². The number of hydrogen-bond acceptors (Lipinski definition) is 4. The topological polar surface area (TPSA) is 53.8 Å². The van der Waals surface area contributed by atoms with Crippen molar-refractivity contribution in [2.75, 3.05) is 5.75 Å². The molecule has 128 valence electrons. The third kappa shape index (κ3) is 4.62. The molecular weight excluding hydrogens is 352 g/mol. The first-order chi connectivity index (χ1) is 12.2. The summed E-state index contributed by atoms with van der Waals surface area (Å²) in [4.78, 5) is 17.1. The molecule has 0 saturated carbocycles. The molecule has 1 aromatic carbocycles. The molecule has 0 aliphatic heterocycles. The maximum Gasteiger partial charge on any atom is 0.173 e. The van der Waals surface area contributed by atoms with Crippen LogP contribution in [-0.2, 0) is 12.8 Å². The maximum atomic E-state index is 12.3. The van der Waals surface area contributed by atoms with E-state index >= 15 is 0 Å². The number of thioether (sulfide) groups is 1. The fourth-order valence-corrected chi connectivity index (χ4v) is 4.01. The van der Waals surface area contributed by atoms with Crippen molar-refractivity contribution in [3.8, 4) is 6.07 Å². The quantitative estimate of drug-likeness (QED) is 0.545. The predicted octanol–water partition coefficient (Wildman–Crippen LogP) is 5.24. The second kappa shape index (κ2) is 8.51. The minimum absolute atomic E-state index is 0.0131. The fraction of sp³-hybridized carbons (Fsp3) is 0.350. The molecule has 0 amide bonds. The summed E-state index contributed by atoms with van der Waals surface area (Å²) in [6.45, 7) is 0. The summed E-state index contributed by atoms with van der Waals surface area (Å²) < 4.78 is 0. The highest BCUT2D eigenvalue weighted by Gasteiger charge is 2.15. The molecule has 3 nitrogen and oxygen atoms in total. The van der Waals surface area contributed by atoms with Crippen LogP contribution < -0.4 is 0 Å². The zero-order valence-electron chi connectivity index (χ0n) is 13.9. The predicted molar refractivity (Wildman–Crippen MR) is 101 cm³/mol. The molecule has 1 aromatic heterocycles. The van der Waals surface area contributed by atoms with Crippen LogP contribution in [0.3, 0.4) is 0 Å². The third-order valence-corrected chi connectivity index (χ3v) is 5.64. The van der Waals surface area contributed by atoms with E-state index in [0.29, 0.717) is 21.2 Å². The van der Waals surface area contributed by atoms with Crippen molar-refractivity contribution in [1.82, 2.24) is 4.98 Å². The summed E-state index contributed by atoms with van der Waals surface area (Å²) in [5, 5.41) is 10.7. The molecule has 0 atom stereocenters. The molecule has 25 heavy (non-hydrogen) atoms. The fourth-order valence-electron chi connectivity index (χ4n) is 3.01. The number of ketones is 1. The van der Waals surface area contributed by atoms with E-state index in [0.717, 1.165) is 31.4 Å². The molecule has 0 unspecified atom stereocenters. The van der Waals surface area contributed by atoms with E-state index in [4.69, 9.17) is 16.6 Å². The van der Waals surface area contributed by atoms with Gasteiger partial charge in [-0.25, -0.2) is 4.98 Å². The van der Waals surface area contributed by atoms with Crippen LogP contribution in [0.2, 0.25) is 5.02 Å². The Hall–Kier alpha value is -1.83. The number of aryl methyl sites for hydroxylation is 2. The first-order valence-corrected chi connectivity index (χ1v) is 9.88. The molecule has 1 aliphatic carbocycles. The van der Waals surface area contributed by atoms with E-state index in [1.165, 1.54) is 30.2 Å². The molecular formula is C20H19ClN2OS. The van der Waals surface area contributed by atoms with Crippen LogP contribution in [0.25, 0.3) is 0 Å². The van der Waals surface area contributed by atoms with Crippen LogP contribution in [0.15, 0.2) is 35.4 Å². The van der Waals surface area contributed by atoms with Gasteiger partial charge in [-0.2, -0.15) is 5.26 Å². The number of rotatable bonds is 4. The van der Waals surface area contributed by atoms with Crippen molar-refractivity contribution in [2.45, 2.75) is 43.6 Å². The van der Waals surface area contributed by atoms with Gasteiger partial charge < -0.3 is 0 Å². The smallest absolute Gasteiger partial charge is 0.173 e. The van der Waals surface area contributed by atoms with Gasteiger partial charge >= 0.3 is 0 Å². The molecule has 0 bridgehead atoms. The lowest BCUT2D eigenvalue weighted by atomic mass is 9.96. The zero-order valence-corrected chi connectivity index (χ0v) is 15.5. The molecule has 0 spiro atoms. The Bertz CT molecular complexity index is 812. The van der Waals surface area contributed by atoms with Gasteiger partial charge in [-0.05, 0) is 61.6 Å². The van der Waals surface area contributed by atoms with Gasteiger partial charge in [0, 0.05) is 16.3 Å². The van der Waals surface area contributed by atoms with Gasteiger partial charge in [-0.1, -0.05) is 36.2 Å². The van der Waals surface area contributed by atoms with Crippen LogP contribution in [-0.4, -0.2) is 16.5 Å². The average molecular weight is 371 g/mol. The van der Waals surface area contributed by atoms with Crippen molar-refractivity contribution in [2.24, 2.45) is 0 Å².